The molecule has 0 aliphatic carbocycles. The van der Waals surface area contributed by atoms with Crippen molar-refractivity contribution in [2.45, 2.75) is 226 Å². The highest BCUT2D eigenvalue weighted by Gasteiger charge is 2.19. The largest absolute Gasteiger partial charge is 0.462 e. The first kappa shape index (κ1) is 60.1. The third-order valence-electron chi connectivity index (χ3n) is 10.6. The highest BCUT2D eigenvalue weighted by Crippen LogP contribution is 2.15. The fourth-order valence-corrected chi connectivity index (χ4v) is 6.77. The maximum atomic E-state index is 12.7. The van der Waals surface area contributed by atoms with Gasteiger partial charge in [0.05, 0.1) is 6.42 Å². The molecule has 0 aromatic heterocycles. The summed E-state index contributed by atoms with van der Waals surface area (Å²) in [6.45, 7) is 6.25. The van der Waals surface area contributed by atoms with Gasteiger partial charge in [0.15, 0.2) is 6.10 Å². The quantitative estimate of drug-likeness (QED) is 0.0262. The molecule has 362 valence electrons. The van der Waals surface area contributed by atoms with Crippen LogP contribution < -0.4 is 0 Å². The molecule has 0 radical (unpaired) electrons. The van der Waals surface area contributed by atoms with Crippen LogP contribution in [-0.4, -0.2) is 37.2 Å². The zero-order valence-electron chi connectivity index (χ0n) is 41.3. The predicted molar refractivity (Wildman–Crippen MR) is 274 cm³/mol. The summed E-state index contributed by atoms with van der Waals surface area (Å²) in [6.07, 6.45) is 69.8. The number of allylic oxidation sites excluding steroid dienone is 17. The number of unbranched alkanes of at least 4 members (excludes halogenated alkanes) is 17. The topological polar surface area (TPSA) is 78.9 Å². The molecule has 1 atom stereocenters. The maximum Gasteiger partial charge on any atom is 0.310 e. The number of carbonyl (C=O) groups is 3. The van der Waals surface area contributed by atoms with Gasteiger partial charge in [-0.25, -0.2) is 0 Å². The van der Waals surface area contributed by atoms with Crippen LogP contribution in [0.3, 0.4) is 0 Å². The fraction of sp³-hybridized carbons (Fsp3) is 0.638. The van der Waals surface area contributed by atoms with Crippen molar-refractivity contribution in [1.82, 2.24) is 0 Å². The Balaban J connectivity index is 4.54. The third kappa shape index (κ3) is 49.1. The Labute approximate surface area is 393 Å². The monoisotopic (exact) mass is 887 g/mol. The zero-order valence-corrected chi connectivity index (χ0v) is 41.3. The van der Waals surface area contributed by atoms with Crippen LogP contribution in [0.15, 0.2) is 109 Å². The minimum absolute atomic E-state index is 0.0804. The molecule has 0 fully saturated rings. The van der Waals surface area contributed by atoms with Gasteiger partial charge in [-0.2, -0.15) is 0 Å². The first-order valence-electron chi connectivity index (χ1n) is 25.9. The minimum Gasteiger partial charge on any atom is -0.462 e. The average molecular weight is 887 g/mol. The molecular formula is C58H94O6. The van der Waals surface area contributed by atoms with E-state index >= 15 is 0 Å². The lowest BCUT2D eigenvalue weighted by atomic mass is 10.0. The summed E-state index contributed by atoms with van der Waals surface area (Å²) in [6, 6.07) is 0. The Morgan fingerprint density at radius 3 is 1.03 bits per heavy atom. The van der Waals surface area contributed by atoms with Crippen LogP contribution in [-0.2, 0) is 28.6 Å². The Hall–Kier alpha value is -3.93. The molecule has 0 aliphatic heterocycles. The second-order valence-corrected chi connectivity index (χ2v) is 16.7. The molecule has 0 spiro atoms. The van der Waals surface area contributed by atoms with Crippen LogP contribution in [0.1, 0.15) is 220 Å². The van der Waals surface area contributed by atoms with Crippen LogP contribution in [0.2, 0.25) is 0 Å². The van der Waals surface area contributed by atoms with Crippen molar-refractivity contribution in [3.05, 3.63) is 109 Å². The Morgan fingerprint density at radius 1 is 0.344 bits per heavy atom. The van der Waals surface area contributed by atoms with E-state index < -0.39 is 12.1 Å². The van der Waals surface area contributed by atoms with Gasteiger partial charge in [0.1, 0.15) is 13.2 Å². The van der Waals surface area contributed by atoms with E-state index in [0.717, 1.165) is 70.6 Å². The molecule has 1 unspecified atom stereocenters. The molecule has 0 aliphatic rings. The molecule has 0 N–H and O–H groups in total. The van der Waals surface area contributed by atoms with Gasteiger partial charge < -0.3 is 14.2 Å². The van der Waals surface area contributed by atoms with E-state index in [1.165, 1.54) is 96.3 Å². The number of ether oxygens (including phenoxy) is 3. The molecule has 0 aromatic rings. The first-order valence-corrected chi connectivity index (χ1v) is 25.9. The van der Waals surface area contributed by atoms with Crippen molar-refractivity contribution in [3.63, 3.8) is 0 Å². The zero-order chi connectivity index (χ0) is 46.5. The lowest BCUT2D eigenvalue weighted by Gasteiger charge is -2.18. The van der Waals surface area contributed by atoms with Gasteiger partial charge in [-0.05, 0) is 70.6 Å². The Morgan fingerprint density at radius 2 is 0.656 bits per heavy atom. The Kier molecular flexibility index (Phi) is 48.5. The number of esters is 3. The van der Waals surface area contributed by atoms with Gasteiger partial charge in [-0.1, -0.05) is 239 Å². The molecule has 6 heteroatoms. The summed E-state index contributed by atoms with van der Waals surface area (Å²) in [7, 11) is 0. The molecule has 0 amide bonds. The summed E-state index contributed by atoms with van der Waals surface area (Å²) < 4.78 is 16.6. The second kappa shape index (κ2) is 51.7. The molecule has 0 bridgehead atoms. The third-order valence-corrected chi connectivity index (χ3v) is 10.6. The summed E-state index contributed by atoms with van der Waals surface area (Å²) in [5.74, 6) is -1.16. The lowest BCUT2D eigenvalue weighted by molar-refractivity contribution is -0.166. The summed E-state index contributed by atoms with van der Waals surface area (Å²) in [4.78, 5) is 37.9. The van der Waals surface area contributed by atoms with E-state index in [0.29, 0.717) is 19.3 Å². The summed E-state index contributed by atoms with van der Waals surface area (Å²) >= 11 is 0. The molecule has 0 rings (SSSR count). The van der Waals surface area contributed by atoms with E-state index in [4.69, 9.17) is 14.2 Å². The van der Waals surface area contributed by atoms with Crippen LogP contribution in [0.25, 0.3) is 0 Å². The number of carbonyl (C=O) groups excluding carboxylic acids is 3. The van der Waals surface area contributed by atoms with E-state index in [9.17, 15) is 14.4 Å². The van der Waals surface area contributed by atoms with Gasteiger partial charge >= 0.3 is 17.9 Å². The summed E-state index contributed by atoms with van der Waals surface area (Å²) in [5.41, 5.74) is 0. The Bertz CT molecular complexity index is 1340. The van der Waals surface area contributed by atoms with Crippen LogP contribution >= 0.6 is 0 Å². The van der Waals surface area contributed by atoms with Gasteiger partial charge in [0.25, 0.3) is 0 Å². The molecule has 0 saturated heterocycles. The van der Waals surface area contributed by atoms with E-state index in [-0.39, 0.29) is 38.0 Å². The standard InChI is InChI=1S/C58H94O6/c1-4-7-10-13-16-19-22-25-27-28-29-31-33-36-39-42-45-48-51-57(60)63-54-55(53-62-56(59)50-47-44-41-38-35-32-24-21-18-15-12-9-6-3)64-58(61)52-49-46-43-40-37-34-30-26-23-20-17-14-11-8-5-2/h8-9,11-12,17-18,20-21,26,30,32,35,37,40-41,44,46,49,55H,4-7,10,13-16,19,22-25,27-29,31,33-34,36,38-39,42-43,45,47-48,50-54H2,1-3H3/b11-8-,12-9-,20-17-,21-18-,30-26-,35-32-,40-37-,44-41-,49-46-. The molecule has 0 saturated carbocycles. The van der Waals surface area contributed by atoms with Gasteiger partial charge in [-0.15, -0.1) is 0 Å². The van der Waals surface area contributed by atoms with E-state index in [1.54, 1.807) is 6.08 Å². The van der Waals surface area contributed by atoms with Gasteiger partial charge in [0.2, 0.25) is 0 Å². The van der Waals surface area contributed by atoms with Crippen molar-refractivity contribution >= 4 is 17.9 Å². The van der Waals surface area contributed by atoms with E-state index in [2.05, 4.69) is 106 Å². The SMILES string of the molecule is CC/C=C\C/C=C\C/C=C\C/C=C\C/C=C\CC(=O)OC(COC(=O)CC/C=C\C/C=C\C/C=C\C/C=C\CC)COC(=O)CCCCCCCCCCCCCCCCCCCC. The van der Waals surface area contributed by atoms with Crippen LogP contribution in [0.5, 0.6) is 0 Å². The van der Waals surface area contributed by atoms with Crippen LogP contribution in [0, 0.1) is 0 Å². The maximum absolute atomic E-state index is 12.7. The van der Waals surface area contributed by atoms with Crippen LogP contribution in [0.4, 0.5) is 0 Å². The number of hydrogen-bond donors (Lipinski definition) is 0. The number of rotatable bonds is 45. The van der Waals surface area contributed by atoms with Crippen molar-refractivity contribution in [2.24, 2.45) is 0 Å². The lowest BCUT2D eigenvalue weighted by Crippen LogP contribution is -2.30. The molecule has 0 heterocycles. The molecule has 6 nitrogen and oxygen atoms in total. The normalized spacial score (nSPS) is 13.0. The van der Waals surface area contributed by atoms with Crippen molar-refractivity contribution in [3.8, 4) is 0 Å². The highest BCUT2D eigenvalue weighted by atomic mass is 16.6. The van der Waals surface area contributed by atoms with Crippen molar-refractivity contribution < 1.29 is 28.6 Å². The highest BCUT2D eigenvalue weighted by molar-refractivity contribution is 5.72. The molecule has 64 heavy (non-hydrogen) atoms. The van der Waals surface area contributed by atoms with Crippen molar-refractivity contribution in [1.29, 1.82) is 0 Å². The smallest absolute Gasteiger partial charge is 0.310 e. The van der Waals surface area contributed by atoms with Gasteiger partial charge in [-0.3, -0.25) is 14.4 Å². The minimum atomic E-state index is -0.860. The van der Waals surface area contributed by atoms with Gasteiger partial charge in [0, 0.05) is 12.8 Å². The first-order chi connectivity index (χ1) is 31.5. The fourth-order valence-electron chi connectivity index (χ4n) is 6.77. The average Bonchev–Trinajstić information content (AvgIpc) is 3.29. The second-order valence-electron chi connectivity index (χ2n) is 16.7. The number of hydrogen-bond acceptors (Lipinski definition) is 6. The summed E-state index contributed by atoms with van der Waals surface area (Å²) in [5, 5.41) is 0. The van der Waals surface area contributed by atoms with Crippen molar-refractivity contribution in [2.75, 3.05) is 13.2 Å². The molecule has 0 aromatic carbocycles. The van der Waals surface area contributed by atoms with E-state index in [1.807, 2.05) is 18.2 Å². The predicted octanol–water partition coefficient (Wildman–Crippen LogP) is 17.1. The molecular weight excluding hydrogens is 793 g/mol.